The summed E-state index contributed by atoms with van der Waals surface area (Å²) in [6, 6.07) is 6.76. The van der Waals surface area contributed by atoms with Gasteiger partial charge in [-0.15, -0.1) is 11.8 Å². The van der Waals surface area contributed by atoms with Crippen LogP contribution >= 0.6 is 11.8 Å². The Bertz CT molecular complexity index is 589. The van der Waals surface area contributed by atoms with Crippen LogP contribution in [0.3, 0.4) is 0 Å². The zero-order chi connectivity index (χ0) is 14.5. The fraction of sp³-hybridized carbons (Fsp3) is 0.267. The predicted octanol–water partition coefficient (Wildman–Crippen LogP) is 2.64. The van der Waals surface area contributed by atoms with E-state index in [0.29, 0.717) is 28.4 Å². The van der Waals surface area contributed by atoms with E-state index in [-0.39, 0.29) is 24.0 Å². The van der Waals surface area contributed by atoms with Crippen LogP contribution in [0.1, 0.15) is 34.1 Å². The lowest BCUT2D eigenvalue weighted by Crippen LogP contribution is -2.15. The summed E-state index contributed by atoms with van der Waals surface area (Å²) in [6.45, 7) is 2.09. The van der Waals surface area contributed by atoms with E-state index < -0.39 is 0 Å². The number of rotatable bonds is 5. The molecule has 0 bridgehead atoms. The first-order valence-corrected chi connectivity index (χ1v) is 7.30. The largest absolute Gasteiger partial charge is 0.466 e. The molecule has 1 aliphatic rings. The molecule has 20 heavy (non-hydrogen) atoms. The van der Waals surface area contributed by atoms with E-state index in [1.807, 2.05) is 0 Å². The first kappa shape index (κ1) is 14.5. The highest BCUT2D eigenvalue weighted by molar-refractivity contribution is 8.04. The van der Waals surface area contributed by atoms with Crippen molar-refractivity contribution in [3.8, 4) is 0 Å². The molecule has 0 amide bonds. The van der Waals surface area contributed by atoms with Crippen LogP contribution in [0, 0.1) is 0 Å². The average molecular weight is 290 g/mol. The molecule has 1 aromatic rings. The summed E-state index contributed by atoms with van der Waals surface area (Å²) in [4.78, 5) is 35.7. The van der Waals surface area contributed by atoms with Crippen LogP contribution in [-0.2, 0) is 9.53 Å². The lowest BCUT2D eigenvalue weighted by Gasteiger charge is -2.14. The molecule has 0 aromatic heterocycles. The van der Waals surface area contributed by atoms with Crippen LogP contribution in [-0.4, -0.2) is 29.9 Å². The third-order valence-electron chi connectivity index (χ3n) is 2.79. The smallest absolute Gasteiger partial charge is 0.306 e. The first-order chi connectivity index (χ1) is 9.63. The lowest BCUT2D eigenvalue weighted by molar-refractivity contribution is -0.142. The number of Topliss-reactive ketones (excluding diaryl/α,β-unsaturated/α-hetero) is 1. The Labute approximate surface area is 121 Å². The maximum Gasteiger partial charge on any atom is 0.306 e. The Morgan fingerprint density at radius 2 is 1.90 bits per heavy atom. The molecule has 5 heteroatoms. The first-order valence-electron chi connectivity index (χ1n) is 6.31. The van der Waals surface area contributed by atoms with Gasteiger partial charge in [-0.25, -0.2) is 0 Å². The molecule has 0 fully saturated rings. The van der Waals surface area contributed by atoms with E-state index >= 15 is 0 Å². The minimum atomic E-state index is -0.296. The third kappa shape index (κ3) is 3.17. The highest BCUT2D eigenvalue weighted by Crippen LogP contribution is 2.28. The van der Waals surface area contributed by atoms with Gasteiger partial charge in [0.25, 0.3) is 0 Å². The molecule has 0 radical (unpaired) electrons. The van der Waals surface area contributed by atoms with Gasteiger partial charge >= 0.3 is 5.97 Å². The summed E-state index contributed by atoms with van der Waals surface area (Å²) in [5, 5.41) is 0. The molecule has 4 nitrogen and oxygen atoms in total. The predicted molar refractivity (Wildman–Crippen MR) is 76.9 cm³/mol. The maximum atomic E-state index is 12.2. The number of fused-ring (bicyclic) bond motifs is 1. The van der Waals surface area contributed by atoms with Gasteiger partial charge in [-0.3, -0.25) is 14.4 Å². The van der Waals surface area contributed by atoms with E-state index in [2.05, 4.69) is 0 Å². The number of benzene rings is 1. The average Bonchev–Trinajstić information content (AvgIpc) is 2.44. The van der Waals surface area contributed by atoms with Gasteiger partial charge in [0.15, 0.2) is 11.6 Å². The second-order valence-electron chi connectivity index (χ2n) is 4.15. The number of hydrogen-bond donors (Lipinski definition) is 0. The quantitative estimate of drug-likeness (QED) is 0.780. The third-order valence-corrected chi connectivity index (χ3v) is 3.81. The minimum absolute atomic E-state index is 0.158. The van der Waals surface area contributed by atoms with Crippen molar-refractivity contribution in [2.75, 3.05) is 12.4 Å². The Balaban J connectivity index is 2.02. The number of esters is 1. The van der Waals surface area contributed by atoms with E-state index in [9.17, 15) is 14.4 Å². The van der Waals surface area contributed by atoms with Gasteiger partial charge in [-0.2, -0.15) is 0 Å². The number of hydrogen-bond acceptors (Lipinski definition) is 5. The highest BCUT2D eigenvalue weighted by Gasteiger charge is 2.25. The van der Waals surface area contributed by atoms with Gasteiger partial charge in [0.05, 0.1) is 17.9 Å². The summed E-state index contributed by atoms with van der Waals surface area (Å²) in [5.41, 5.74) is 0.867. The molecule has 1 aliphatic carbocycles. The van der Waals surface area contributed by atoms with Crippen LogP contribution in [0.25, 0.3) is 0 Å². The molecule has 0 unspecified atom stereocenters. The van der Waals surface area contributed by atoms with Gasteiger partial charge in [-0.1, -0.05) is 24.3 Å². The van der Waals surface area contributed by atoms with Crippen LogP contribution in [0.2, 0.25) is 0 Å². The summed E-state index contributed by atoms with van der Waals surface area (Å²) in [7, 11) is 0. The zero-order valence-corrected chi connectivity index (χ0v) is 11.9. The molecule has 0 aliphatic heterocycles. The number of carbonyl (C=O) groups excluding carboxylic acids is 3. The topological polar surface area (TPSA) is 60.4 Å². The van der Waals surface area contributed by atoms with Gasteiger partial charge in [0, 0.05) is 23.0 Å². The summed E-state index contributed by atoms with van der Waals surface area (Å²) >= 11 is 1.22. The standard InChI is InChI=1S/C15H14O4S/c1-2-19-14(17)7-8-20-13-9-12(16)10-5-3-4-6-11(10)15(13)18/h3-6,9H,2,7-8H2,1H3. The molecule has 0 N–H and O–H groups in total. The van der Waals surface area contributed by atoms with Crippen molar-refractivity contribution in [1.29, 1.82) is 0 Å². The number of carbonyl (C=O) groups is 3. The molecule has 1 aromatic carbocycles. The fourth-order valence-electron chi connectivity index (χ4n) is 1.88. The molecule has 2 rings (SSSR count). The Hall–Kier alpha value is -1.88. The maximum absolute atomic E-state index is 12.2. The molecule has 0 spiro atoms. The minimum Gasteiger partial charge on any atom is -0.466 e. The summed E-state index contributed by atoms with van der Waals surface area (Å²) in [5.74, 6) is -0.199. The van der Waals surface area contributed by atoms with Crippen molar-refractivity contribution < 1.29 is 19.1 Å². The highest BCUT2D eigenvalue weighted by atomic mass is 32.2. The number of thioether (sulfide) groups is 1. The van der Waals surface area contributed by atoms with E-state index in [1.54, 1.807) is 31.2 Å². The van der Waals surface area contributed by atoms with Gasteiger partial charge < -0.3 is 4.74 Å². The molecular weight excluding hydrogens is 276 g/mol. The van der Waals surface area contributed by atoms with Crippen molar-refractivity contribution in [2.24, 2.45) is 0 Å². The van der Waals surface area contributed by atoms with E-state index in [0.717, 1.165) is 0 Å². The second-order valence-corrected chi connectivity index (χ2v) is 5.29. The molecule has 104 valence electrons. The van der Waals surface area contributed by atoms with Crippen molar-refractivity contribution in [3.05, 3.63) is 46.4 Å². The van der Waals surface area contributed by atoms with Crippen molar-refractivity contribution >= 4 is 29.3 Å². The monoisotopic (exact) mass is 290 g/mol. The van der Waals surface area contributed by atoms with Crippen molar-refractivity contribution in [1.82, 2.24) is 0 Å². The van der Waals surface area contributed by atoms with Gasteiger partial charge in [0.1, 0.15) is 0 Å². The Morgan fingerprint density at radius 3 is 2.60 bits per heavy atom. The van der Waals surface area contributed by atoms with E-state index in [1.165, 1.54) is 17.8 Å². The SMILES string of the molecule is CCOC(=O)CCSC1=CC(=O)c2ccccc2C1=O. The number of allylic oxidation sites excluding steroid dienone is 2. The number of ketones is 2. The molecule has 0 atom stereocenters. The Morgan fingerprint density at radius 1 is 1.20 bits per heavy atom. The van der Waals surface area contributed by atoms with Gasteiger partial charge in [-0.05, 0) is 6.92 Å². The van der Waals surface area contributed by atoms with Crippen LogP contribution < -0.4 is 0 Å². The summed E-state index contributed by atoms with van der Waals surface area (Å²) < 4.78 is 4.81. The van der Waals surface area contributed by atoms with Crippen LogP contribution in [0.15, 0.2) is 35.2 Å². The summed E-state index contributed by atoms with van der Waals surface area (Å²) in [6.07, 6.45) is 1.57. The fourth-order valence-corrected chi connectivity index (χ4v) is 2.80. The molecular formula is C15H14O4S. The zero-order valence-electron chi connectivity index (χ0n) is 11.0. The molecule has 0 saturated carbocycles. The van der Waals surface area contributed by atoms with Crippen molar-refractivity contribution in [3.63, 3.8) is 0 Å². The molecule has 0 saturated heterocycles. The van der Waals surface area contributed by atoms with Crippen LogP contribution in [0.5, 0.6) is 0 Å². The van der Waals surface area contributed by atoms with Crippen LogP contribution in [0.4, 0.5) is 0 Å². The lowest BCUT2D eigenvalue weighted by atomic mass is 9.95. The molecule has 0 heterocycles. The number of ether oxygens (including phenoxy) is 1. The second kappa shape index (κ2) is 6.52. The van der Waals surface area contributed by atoms with Gasteiger partial charge in [0.2, 0.25) is 0 Å². The van der Waals surface area contributed by atoms with E-state index in [4.69, 9.17) is 4.74 Å². The normalized spacial score (nSPS) is 13.8. The Kier molecular flexibility index (Phi) is 4.74. The van der Waals surface area contributed by atoms with Crippen molar-refractivity contribution in [2.45, 2.75) is 13.3 Å².